The van der Waals surface area contributed by atoms with Crippen molar-refractivity contribution >= 4 is 0 Å². The highest BCUT2D eigenvalue weighted by atomic mass is 15.5. The molecule has 0 unspecified atom stereocenters. The highest BCUT2D eigenvalue weighted by Crippen LogP contribution is 1.99. The average molecular weight is 130 g/mol. The van der Waals surface area contributed by atoms with E-state index in [2.05, 4.69) is 17.4 Å². The molecule has 0 fully saturated rings. The first-order chi connectivity index (χ1) is 4.86. The Morgan fingerprint density at radius 3 is 2.70 bits per heavy atom. The first-order valence-corrected chi connectivity index (χ1v) is 2.73. The second kappa shape index (κ2) is 2.66. The van der Waals surface area contributed by atoms with Crippen molar-refractivity contribution in [2.45, 2.75) is 0 Å². The second-order valence-electron chi connectivity index (χ2n) is 1.69. The summed E-state index contributed by atoms with van der Waals surface area (Å²) in [6.45, 7) is 0. The molecule has 48 valence electrons. The molecule has 0 atom stereocenters. The summed E-state index contributed by atoms with van der Waals surface area (Å²) in [5, 5.41) is 1.47. The predicted octanol–water partition coefficient (Wildman–Crippen LogP) is 0.428. The third-order valence-electron chi connectivity index (χ3n) is 1.07. The first kappa shape index (κ1) is 6.32. The van der Waals surface area contributed by atoms with Crippen molar-refractivity contribution < 1.29 is 0 Å². The zero-order chi connectivity index (χ0) is 7.40. The van der Waals surface area contributed by atoms with Crippen LogP contribution in [0.3, 0.4) is 0 Å². The molecular weight excluding hydrogens is 124 g/mol. The Balaban J connectivity index is 2.68. The molecule has 0 aromatic rings. The standard InChI is InChI=1S/C8H6N2/c1-3-8-5-6-10(4-2)9-7-8/h1-2,5-7,9H. The van der Waals surface area contributed by atoms with Crippen molar-refractivity contribution in [3.63, 3.8) is 0 Å². The maximum Gasteiger partial charge on any atom is 0.0434 e. The molecule has 0 aliphatic carbocycles. The van der Waals surface area contributed by atoms with Crippen molar-refractivity contribution in [3.05, 3.63) is 24.0 Å². The van der Waals surface area contributed by atoms with Gasteiger partial charge in [-0.05, 0) is 6.08 Å². The van der Waals surface area contributed by atoms with Gasteiger partial charge in [-0.25, -0.2) is 5.01 Å². The fourth-order valence-electron chi connectivity index (χ4n) is 0.555. The molecule has 1 aliphatic heterocycles. The zero-order valence-corrected chi connectivity index (χ0v) is 5.33. The molecule has 0 radical (unpaired) electrons. The van der Waals surface area contributed by atoms with Crippen LogP contribution in [0.1, 0.15) is 0 Å². The summed E-state index contributed by atoms with van der Waals surface area (Å²) in [5.41, 5.74) is 3.56. The summed E-state index contributed by atoms with van der Waals surface area (Å²) in [6, 6.07) is 2.37. The lowest BCUT2D eigenvalue weighted by Gasteiger charge is -2.14. The van der Waals surface area contributed by atoms with Crippen LogP contribution in [0.25, 0.3) is 0 Å². The Hall–Kier alpha value is -1.80. The van der Waals surface area contributed by atoms with Crippen molar-refractivity contribution in [2.75, 3.05) is 0 Å². The van der Waals surface area contributed by atoms with Gasteiger partial charge in [-0.1, -0.05) is 12.3 Å². The van der Waals surface area contributed by atoms with Gasteiger partial charge < -0.3 is 0 Å². The van der Waals surface area contributed by atoms with E-state index in [9.17, 15) is 0 Å². The van der Waals surface area contributed by atoms with E-state index in [1.165, 1.54) is 5.01 Å². The Kier molecular flexibility index (Phi) is 1.68. The van der Waals surface area contributed by atoms with Gasteiger partial charge in [0, 0.05) is 24.0 Å². The number of rotatable bonds is 0. The van der Waals surface area contributed by atoms with E-state index in [0.29, 0.717) is 0 Å². The molecule has 0 aromatic carbocycles. The first-order valence-electron chi connectivity index (χ1n) is 2.73. The van der Waals surface area contributed by atoms with Gasteiger partial charge in [-0.15, -0.1) is 6.42 Å². The van der Waals surface area contributed by atoms with Crippen LogP contribution in [0.5, 0.6) is 0 Å². The van der Waals surface area contributed by atoms with Gasteiger partial charge >= 0.3 is 0 Å². The summed E-state index contributed by atoms with van der Waals surface area (Å²) >= 11 is 0. The number of hydrogen-bond donors (Lipinski definition) is 1. The molecule has 0 saturated heterocycles. The van der Waals surface area contributed by atoms with Gasteiger partial charge in [0.15, 0.2) is 0 Å². The topological polar surface area (TPSA) is 15.3 Å². The van der Waals surface area contributed by atoms with Crippen molar-refractivity contribution in [1.82, 2.24) is 10.4 Å². The monoisotopic (exact) mass is 130 g/mol. The maximum absolute atomic E-state index is 5.11. The molecule has 2 heteroatoms. The molecule has 0 spiro atoms. The molecule has 0 amide bonds. The molecule has 10 heavy (non-hydrogen) atoms. The third kappa shape index (κ3) is 1.13. The number of nitrogens with zero attached hydrogens (tertiary/aromatic N) is 1. The van der Waals surface area contributed by atoms with Crippen LogP contribution < -0.4 is 5.43 Å². The fraction of sp³-hybridized carbons (Fsp3) is 0. The normalized spacial score (nSPS) is 14.6. The van der Waals surface area contributed by atoms with Gasteiger partial charge in [-0.2, -0.15) is 0 Å². The molecule has 1 heterocycles. The van der Waals surface area contributed by atoms with Gasteiger partial charge in [0.2, 0.25) is 0 Å². The lowest BCUT2D eigenvalue weighted by molar-refractivity contribution is 0.452. The maximum atomic E-state index is 5.11. The largest absolute Gasteiger partial charge is 0.293 e. The Labute approximate surface area is 60.2 Å². The number of hydrogen-bond acceptors (Lipinski definition) is 2. The second-order valence-corrected chi connectivity index (χ2v) is 1.69. The van der Waals surface area contributed by atoms with E-state index >= 15 is 0 Å². The summed E-state index contributed by atoms with van der Waals surface area (Å²) in [7, 11) is 0. The number of hydrazine groups is 1. The fourth-order valence-corrected chi connectivity index (χ4v) is 0.555. The summed E-state index contributed by atoms with van der Waals surface area (Å²) in [5.74, 6) is 2.47. The van der Waals surface area contributed by atoms with Gasteiger partial charge in [-0.3, -0.25) is 5.43 Å². The van der Waals surface area contributed by atoms with Gasteiger partial charge in [0.25, 0.3) is 0 Å². The molecule has 0 saturated carbocycles. The van der Waals surface area contributed by atoms with E-state index in [-0.39, 0.29) is 0 Å². The molecule has 1 rings (SSSR count). The van der Waals surface area contributed by atoms with E-state index < -0.39 is 0 Å². The highest BCUT2D eigenvalue weighted by molar-refractivity contribution is 5.37. The number of allylic oxidation sites excluding steroid dienone is 2. The van der Waals surface area contributed by atoms with Crippen LogP contribution in [0, 0.1) is 24.8 Å². The smallest absolute Gasteiger partial charge is 0.0434 e. The minimum atomic E-state index is 0.784. The zero-order valence-electron chi connectivity index (χ0n) is 5.33. The van der Waals surface area contributed by atoms with E-state index in [1.54, 1.807) is 18.5 Å². The Morgan fingerprint density at radius 2 is 2.30 bits per heavy atom. The Morgan fingerprint density at radius 1 is 1.50 bits per heavy atom. The molecule has 2 nitrogen and oxygen atoms in total. The average Bonchev–Trinajstić information content (AvgIpc) is 2.05. The van der Waals surface area contributed by atoms with E-state index in [0.717, 1.165) is 5.57 Å². The predicted molar refractivity (Wildman–Crippen MR) is 39.9 cm³/mol. The van der Waals surface area contributed by atoms with Crippen LogP contribution in [0.4, 0.5) is 0 Å². The number of nitrogens with one attached hydrogen (secondary N) is 1. The van der Waals surface area contributed by atoms with Crippen molar-refractivity contribution in [2.24, 2.45) is 0 Å². The molecule has 1 N–H and O–H groups in total. The number of terminal acetylenes is 2. The van der Waals surface area contributed by atoms with Crippen LogP contribution in [0.15, 0.2) is 24.0 Å². The lowest BCUT2D eigenvalue weighted by atomic mass is 10.3. The van der Waals surface area contributed by atoms with Gasteiger partial charge in [0.05, 0.1) is 0 Å². The molecule has 0 aromatic heterocycles. The van der Waals surface area contributed by atoms with Gasteiger partial charge in [0.1, 0.15) is 0 Å². The lowest BCUT2D eigenvalue weighted by Crippen LogP contribution is -2.26. The Bertz CT molecular complexity index is 260. The summed E-state index contributed by atoms with van der Waals surface area (Å²) in [4.78, 5) is 0. The van der Waals surface area contributed by atoms with E-state index in [4.69, 9.17) is 12.8 Å². The van der Waals surface area contributed by atoms with Crippen LogP contribution >= 0.6 is 0 Å². The van der Waals surface area contributed by atoms with Crippen LogP contribution in [-0.4, -0.2) is 5.01 Å². The van der Waals surface area contributed by atoms with Crippen LogP contribution in [0.2, 0.25) is 0 Å². The molecular formula is C8H6N2. The third-order valence-corrected chi connectivity index (χ3v) is 1.07. The summed E-state index contributed by atoms with van der Waals surface area (Å²) < 4.78 is 0. The molecule has 1 aliphatic rings. The quantitative estimate of drug-likeness (QED) is 0.478. The van der Waals surface area contributed by atoms with Crippen molar-refractivity contribution in [1.29, 1.82) is 0 Å². The minimum Gasteiger partial charge on any atom is -0.293 e. The SMILES string of the molecule is C#CC1=CNN(C#C)C=C1. The summed E-state index contributed by atoms with van der Waals surface area (Å²) in [6.07, 6.45) is 15.3. The van der Waals surface area contributed by atoms with Crippen molar-refractivity contribution in [3.8, 4) is 24.8 Å². The van der Waals surface area contributed by atoms with Crippen LogP contribution in [-0.2, 0) is 0 Å². The van der Waals surface area contributed by atoms with E-state index in [1.807, 2.05) is 0 Å². The minimum absolute atomic E-state index is 0.784. The molecule has 0 bridgehead atoms. The highest BCUT2D eigenvalue weighted by Gasteiger charge is 1.95.